The second-order valence-electron chi connectivity index (χ2n) is 9.14. The van der Waals surface area contributed by atoms with Gasteiger partial charge in [-0.15, -0.1) is 0 Å². The maximum absolute atomic E-state index is 13.2. The summed E-state index contributed by atoms with van der Waals surface area (Å²) in [6, 6.07) is 5.43. The normalized spacial score (nSPS) is 12.0. The molecule has 8 nitrogen and oxygen atoms in total. The van der Waals surface area contributed by atoms with Crippen LogP contribution in [-0.4, -0.2) is 53.1 Å². The summed E-state index contributed by atoms with van der Waals surface area (Å²) in [5.41, 5.74) is -0.0799. The molecule has 0 saturated carbocycles. The number of aromatic hydroxyl groups is 1. The Hall–Kier alpha value is -2.77. The van der Waals surface area contributed by atoms with Gasteiger partial charge in [0, 0.05) is 13.1 Å². The van der Waals surface area contributed by atoms with Crippen molar-refractivity contribution in [2.24, 2.45) is 0 Å². The first-order valence-electron chi connectivity index (χ1n) is 11.9. The van der Waals surface area contributed by atoms with E-state index >= 15 is 0 Å². The minimum absolute atomic E-state index is 0.0799. The summed E-state index contributed by atoms with van der Waals surface area (Å²) in [4.78, 5) is 40.0. The lowest BCUT2D eigenvalue weighted by molar-refractivity contribution is -0.140. The largest absolute Gasteiger partial charge is 0.508 e. The molecule has 0 saturated heterocycles. The number of hydrogen-bond acceptors (Lipinski definition) is 5. The summed E-state index contributed by atoms with van der Waals surface area (Å²) in [6.45, 7) is 9.99. The number of carbonyl (C=O) groups is 3. The van der Waals surface area contributed by atoms with Gasteiger partial charge in [-0.1, -0.05) is 51.7 Å². The predicted octanol–water partition coefficient (Wildman–Crippen LogP) is 4.28. The van der Waals surface area contributed by atoms with Gasteiger partial charge < -0.3 is 25.4 Å². The number of rotatable bonds is 13. The van der Waals surface area contributed by atoms with Crippen molar-refractivity contribution in [1.29, 1.82) is 0 Å². The maximum Gasteiger partial charge on any atom is 0.408 e. The SMILES string of the molecule is CCCCCCN(C(=O)CNC(=O)OC(C)(C)C)C(C(=O)NCCCC)c1ccc(O)cc1. The fourth-order valence-electron chi connectivity index (χ4n) is 3.28. The second-order valence-corrected chi connectivity index (χ2v) is 9.14. The molecule has 0 heterocycles. The van der Waals surface area contributed by atoms with Crippen LogP contribution < -0.4 is 10.6 Å². The van der Waals surface area contributed by atoms with E-state index in [0.717, 1.165) is 38.5 Å². The van der Waals surface area contributed by atoms with Crippen LogP contribution in [0.3, 0.4) is 0 Å². The fraction of sp³-hybridized carbons (Fsp3) is 0.640. The van der Waals surface area contributed by atoms with Crippen molar-refractivity contribution in [3.8, 4) is 5.75 Å². The summed E-state index contributed by atoms with van der Waals surface area (Å²) < 4.78 is 5.22. The zero-order valence-corrected chi connectivity index (χ0v) is 20.8. The van der Waals surface area contributed by atoms with Crippen LogP contribution in [0, 0.1) is 0 Å². The molecule has 0 aliphatic heterocycles. The third kappa shape index (κ3) is 11.1. The van der Waals surface area contributed by atoms with Crippen molar-refractivity contribution in [3.05, 3.63) is 29.8 Å². The third-order valence-corrected chi connectivity index (χ3v) is 4.95. The third-order valence-electron chi connectivity index (χ3n) is 4.95. The van der Waals surface area contributed by atoms with E-state index in [1.165, 1.54) is 17.0 Å². The van der Waals surface area contributed by atoms with Crippen molar-refractivity contribution in [2.45, 2.75) is 84.8 Å². The Labute approximate surface area is 198 Å². The molecule has 1 aromatic carbocycles. The van der Waals surface area contributed by atoms with Crippen LogP contribution in [0.15, 0.2) is 24.3 Å². The van der Waals surface area contributed by atoms with Crippen LogP contribution in [0.4, 0.5) is 4.79 Å². The average molecular weight is 464 g/mol. The first-order chi connectivity index (χ1) is 15.6. The van der Waals surface area contributed by atoms with E-state index in [1.807, 2.05) is 6.92 Å². The zero-order valence-electron chi connectivity index (χ0n) is 20.8. The summed E-state index contributed by atoms with van der Waals surface area (Å²) in [6.07, 6.45) is 4.83. The van der Waals surface area contributed by atoms with Crippen molar-refractivity contribution in [3.63, 3.8) is 0 Å². The van der Waals surface area contributed by atoms with Crippen molar-refractivity contribution in [1.82, 2.24) is 15.5 Å². The summed E-state index contributed by atoms with van der Waals surface area (Å²) in [7, 11) is 0. The Morgan fingerprint density at radius 3 is 2.18 bits per heavy atom. The Morgan fingerprint density at radius 2 is 1.61 bits per heavy atom. The molecule has 0 aliphatic rings. The van der Waals surface area contributed by atoms with Crippen LogP contribution in [0.2, 0.25) is 0 Å². The Bertz CT molecular complexity index is 743. The molecule has 3 N–H and O–H groups in total. The first kappa shape index (κ1) is 28.3. The standard InChI is InChI=1S/C25H41N3O5/c1-6-8-10-11-17-28(21(30)18-27-24(32)33-25(3,4)5)22(23(31)26-16-9-7-2)19-12-14-20(29)15-13-19/h12-15,22,29H,6-11,16-18H2,1-5H3,(H,26,31)(H,27,32). The van der Waals surface area contributed by atoms with Crippen molar-refractivity contribution in [2.75, 3.05) is 19.6 Å². The van der Waals surface area contributed by atoms with Gasteiger partial charge in [0.1, 0.15) is 23.9 Å². The number of alkyl carbamates (subject to hydrolysis) is 1. The Kier molecular flexibility index (Phi) is 12.3. The average Bonchev–Trinajstić information content (AvgIpc) is 2.74. The lowest BCUT2D eigenvalue weighted by Gasteiger charge is -2.32. The number of phenolic OH excluding ortho intramolecular Hbond substituents is 1. The lowest BCUT2D eigenvalue weighted by atomic mass is 10.0. The molecule has 0 aliphatic carbocycles. The minimum Gasteiger partial charge on any atom is -0.508 e. The van der Waals surface area contributed by atoms with Gasteiger partial charge >= 0.3 is 6.09 Å². The van der Waals surface area contributed by atoms with E-state index in [4.69, 9.17) is 4.74 Å². The van der Waals surface area contributed by atoms with E-state index in [9.17, 15) is 19.5 Å². The summed E-state index contributed by atoms with van der Waals surface area (Å²) in [5.74, 6) is -0.576. The molecule has 33 heavy (non-hydrogen) atoms. The first-order valence-corrected chi connectivity index (χ1v) is 11.9. The monoisotopic (exact) mass is 463 g/mol. The maximum atomic E-state index is 13.2. The van der Waals surface area contributed by atoms with E-state index in [-0.39, 0.29) is 24.1 Å². The molecule has 0 spiro atoms. The van der Waals surface area contributed by atoms with Crippen LogP contribution in [-0.2, 0) is 14.3 Å². The number of hydrogen-bond donors (Lipinski definition) is 3. The van der Waals surface area contributed by atoms with Gasteiger partial charge in [0.15, 0.2) is 0 Å². The topological polar surface area (TPSA) is 108 Å². The van der Waals surface area contributed by atoms with Gasteiger partial charge in [-0.05, 0) is 51.3 Å². The van der Waals surface area contributed by atoms with Crippen LogP contribution in [0.1, 0.15) is 84.7 Å². The Morgan fingerprint density at radius 1 is 0.970 bits per heavy atom. The Balaban J connectivity index is 3.11. The van der Waals surface area contributed by atoms with Crippen LogP contribution in [0.5, 0.6) is 5.75 Å². The van der Waals surface area contributed by atoms with E-state index < -0.39 is 17.7 Å². The summed E-state index contributed by atoms with van der Waals surface area (Å²) >= 11 is 0. The van der Waals surface area contributed by atoms with Crippen molar-refractivity contribution < 1.29 is 24.2 Å². The van der Waals surface area contributed by atoms with E-state index in [1.54, 1.807) is 32.9 Å². The molecule has 0 bridgehead atoms. The highest BCUT2D eigenvalue weighted by Crippen LogP contribution is 2.24. The van der Waals surface area contributed by atoms with Gasteiger partial charge in [-0.3, -0.25) is 9.59 Å². The van der Waals surface area contributed by atoms with Crippen molar-refractivity contribution >= 4 is 17.9 Å². The molecule has 1 unspecified atom stereocenters. The number of phenols is 1. The van der Waals surface area contributed by atoms with Gasteiger partial charge in [-0.2, -0.15) is 0 Å². The van der Waals surface area contributed by atoms with Crippen LogP contribution in [0.25, 0.3) is 0 Å². The summed E-state index contributed by atoms with van der Waals surface area (Å²) in [5, 5.41) is 15.1. The van der Waals surface area contributed by atoms with Gasteiger partial charge in [0.25, 0.3) is 0 Å². The molecular weight excluding hydrogens is 422 g/mol. The van der Waals surface area contributed by atoms with E-state index in [0.29, 0.717) is 18.7 Å². The zero-order chi connectivity index (χ0) is 24.9. The predicted molar refractivity (Wildman–Crippen MR) is 129 cm³/mol. The number of benzene rings is 1. The number of unbranched alkanes of at least 4 members (excludes halogenated alkanes) is 4. The molecule has 8 heteroatoms. The highest BCUT2D eigenvalue weighted by molar-refractivity contribution is 5.90. The molecule has 186 valence electrons. The van der Waals surface area contributed by atoms with Crippen LogP contribution >= 0.6 is 0 Å². The van der Waals surface area contributed by atoms with E-state index in [2.05, 4.69) is 17.6 Å². The quantitative estimate of drug-likeness (QED) is 0.378. The number of nitrogens with zero attached hydrogens (tertiary/aromatic N) is 1. The highest BCUT2D eigenvalue weighted by Gasteiger charge is 2.31. The minimum atomic E-state index is -0.864. The lowest BCUT2D eigenvalue weighted by Crippen LogP contribution is -2.48. The number of nitrogens with one attached hydrogen (secondary N) is 2. The number of ether oxygens (including phenoxy) is 1. The molecule has 3 amide bonds. The number of amides is 3. The number of carbonyl (C=O) groups excluding carboxylic acids is 3. The fourth-order valence-corrected chi connectivity index (χ4v) is 3.28. The highest BCUT2D eigenvalue weighted by atomic mass is 16.6. The van der Waals surface area contributed by atoms with Gasteiger partial charge in [0.2, 0.25) is 11.8 Å². The smallest absolute Gasteiger partial charge is 0.408 e. The van der Waals surface area contributed by atoms with Gasteiger partial charge in [-0.25, -0.2) is 4.79 Å². The molecule has 1 aromatic rings. The molecule has 1 atom stereocenters. The molecular formula is C25H41N3O5. The molecule has 0 radical (unpaired) electrons. The molecule has 0 aromatic heterocycles. The second kappa shape index (κ2) is 14.4. The molecule has 0 fully saturated rings. The van der Waals surface area contributed by atoms with Gasteiger partial charge in [0.05, 0.1) is 0 Å². The molecule has 1 rings (SSSR count).